The Balaban J connectivity index is 1.39. The van der Waals surface area contributed by atoms with Crippen LogP contribution >= 0.6 is 0 Å². The molecule has 1 aliphatic heterocycles. The molecule has 9 nitrogen and oxygen atoms in total. The van der Waals surface area contributed by atoms with Crippen LogP contribution in [-0.4, -0.2) is 66.4 Å². The third-order valence-corrected chi connectivity index (χ3v) is 5.08. The molecule has 1 N–H and O–H groups in total. The van der Waals surface area contributed by atoms with Crippen molar-refractivity contribution in [3.8, 4) is 16.9 Å². The van der Waals surface area contributed by atoms with Gasteiger partial charge in [-0.3, -0.25) is 9.78 Å². The number of fused-ring (bicyclic) bond motifs is 1. The monoisotopic (exact) mass is 448 g/mol. The van der Waals surface area contributed by atoms with Crippen molar-refractivity contribution in [2.75, 3.05) is 39.5 Å². The maximum atomic E-state index is 12.1. The van der Waals surface area contributed by atoms with Gasteiger partial charge in [-0.2, -0.15) is 0 Å². The predicted molar refractivity (Wildman–Crippen MR) is 122 cm³/mol. The molecule has 170 valence electrons. The lowest BCUT2D eigenvalue weighted by molar-refractivity contribution is 0.0239. The number of pyridine rings is 2. The van der Waals surface area contributed by atoms with Crippen molar-refractivity contribution in [2.45, 2.75) is 0 Å². The summed E-state index contributed by atoms with van der Waals surface area (Å²) in [4.78, 5) is 34.5. The molecule has 1 aromatic carbocycles. The fourth-order valence-electron chi connectivity index (χ4n) is 3.40. The second-order valence-corrected chi connectivity index (χ2v) is 7.22. The molecule has 3 aromatic rings. The molecule has 0 aliphatic carbocycles. The number of carbonyl (C=O) groups is 2. The Bertz CT molecular complexity index is 1140. The number of hydrogen-bond acceptors (Lipinski definition) is 7. The maximum absolute atomic E-state index is 12.1. The minimum absolute atomic E-state index is 0.157. The first-order valence-corrected chi connectivity index (χ1v) is 10.5. The Labute approximate surface area is 191 Å². The zero-order valence-electron chi connectivity index (χ0n) is 18.0. The number of carbonyl (C=O) groups excluding carboxylic acids is 2. The molecule has 0 unspecified atom stereocenters. The lowest BCUT2D eigenvalue weighted by atomic mass is 10.0. The van der Waals surface area contributed by atoms with Gasteiger partial charge in [0.15, 0.2) is 0 Å². The molecular weight excluding hydrogens is 424 g/mol. The van der Waals surface area contributed by atoms with E-state index in [-0.39, 0.29) is 25.2 Å². The van der Waals surface area contributed by atoms with Crippen LogP contribution in [0, 0.1) is 0 Å². The van der Waals surface area contributed by atoms with Crippen LogP contribution in [0.2, 0.25) is 0 Å². The molecule has 0 bridgehead atoms. The summed E-state index contributed by atoms with van der Waals surface area (Å²) < 4.78 is 16.2. The number of ether oxygens (including phenoxy) is 3. The van der Waals surface area contributed by atoms with E-state index in [4.69, 9.17) is 14.2 Å². The molecule has 33 heavy (non-hydrogen) atoms. The summed E-state index contributed by atoms with van der Waals surface area (Å²) in [6, 6.07) is 10.9. The number of aromatic nitrogens is 2. The first-order chi connectivity index (χ1) is 16.2. The van der Waals surface area contributed by atoms with E-state index in [0.29, 0.717) is 43.3 Å². The van der Waals surface area contributed by atoms with Gasteiger partial charge in [-0.1, -0.05) is 18.7 Å². The van der Waals surface area contributed by atoms with Crippen LogP contribution in [-0.2, 0) is 9.47 Å². The van der Waals surface area contributed by atoms with E-state index >= 15 is 0 Å². The lowest BCUT2D eigenvalue weighted by Crippen LogP contribution is -2.41. The summed E-state index contributed by atoms with van der Waals surface area (Å²) in [5, 5.41) is 3.36. The second kappa shape index (κ2) is 10.6. The number of amides is 2. The van der Waals surface area contributed by atoms with E-state index in [1.807, 2.05) is 30.3 Å². The number of benzene rings is 1. The van der Waals surface area contributed by atoms with Crippen LogP contribution in [0.5, 0.6) is 5.75 Å². The third-order valence-electron chi connectivity index (χ3n) is 5.08. The van der Waals surface area contributed by atoms with Crippen molar-refractivity contribution in [3.05, 3.63) is 67.3 Å². The third kappa shape index (κ3) is 5.45. The van der Waals surface area contributed by atoms with Crippen LogP contribution in [0.3, 0.4) is 0 Å². The van der Waals surface area contributed by atoms with Crippen molar-refractivity contribution in [2.24, 2.45) is 0 Å². The Morgan fingerprint density at radius 3 is 2.64 bits per heavy atom. The normalized spacial score (nSPS) is 13.4. The van der Waals surface area contributed by atoms with Gasteiger partial charge < -0.3 is 24.4 Å². The highest BCUT2D eigenvalue weighted by Gasteiger charge is 2.17. The maximum Gasteiger partial charge on any atom is 0.410 e. The Morgan fingerprint density at radius 1 is 1.09 bits per heavy atom. The molecule has 1 aliphatic rings. The van der Waals surface area contributed by atoms with Gasteiger partial charge in [0.1, 0.15) is 24.7 Å². The number of hydrogen-bond donors (Lipinski definition) is 1. The molecule has 2 amide bonds. The van der Waals surface area contributed by atoms with Crippen molar-refractivity contribution >= 4 is 22.9 Å². The molecular formula is C24H24N4O5. The summed E-state index contributed by atoms with van der Waals surface area (Å²) in [5.41, 5.74) is 2.64. The first kappa shape index (κ1) is 22.2. The van der Waals surface area contributed by atoms with Crippen LogP contribution < -0.4 is 10.1 Å². The predicted octanol–water partition coefficient (Wildman–Crippen LogP) is 3.02. The molecule has 0 spiro atoms. The average molecular weight is 448 g/mol. The fraction of sp³-hybridized carbons (Fsp3) is 0.250. The zero-order chi connectivity index (χ0) is 23.0. The SMILES string of the molecule is C=CNC(=O)c1ccc2cncc(-c3ccc(OCCOC(=O)N4CCOCC4)cc3)c2n1. The zero-order valence-corrected chi connectivity index (χ0v) is 18.0. The highest BCUT2D eigenvalue weighted by molar-refractivity contribution is 5.98. The first-order valence-electron chi connectivity index (χ1n) is 10.5. The van der Waals surface area contributed by atoms with Crippen LogP contribution in [0.15, 0.2) is 61.6 Å². The highest BCUT2D eigenvalue weighted by Crippen LogP contribution is 2.28. The van der Waals surface area contributed by atoms with E-state index in [2.05, 4.69) is 21.9 Å². The molecule has 0 atom stereocenters. The van der Waals surface area contributed by atoms with Crippen LogP contribution in [0.1, 0.15) is 10.5 Å². The van der Waals surface area contributed by atoms with Crippen molar-refractivity contribution in [1.29, 1.82) is 0 Å². The number of morpholine rings is 1. The highest BCUT2D eigenvalue weighted by atomic mass is 16.6. The molecule has 4 rings (SSSR count). The lowest BCUT2D eigenvalue weighted by Gasteiger charge is -2.25. The average Bonchev–Trinajstić information content (AvgIpc) is 2.87. The summed E-state index contributed by atoms with van der Waals surface area (Å²) >= 11 is 0. The van der Waals surface area contributed by atoms with Gasteiger partial charge in [0.2, 0.25) is 0 Å². The van der Waals surface area contributed by atoms with E-state index in [0.717, 1.165) is 16.5 Å². The van der Waals surface area contributed by atoms with Gasteiger partial charge >= 0.3 is 6.09 Å². The van der Waals surface area contributed by atoms with Gasteiger partial charge in [0.25, 0.3) is 5.91 Å². The van der Waals surface area contributed by atoms with Gasteiger partial charge in [-0.05, 0) is 36.0 Å². The van der Waals surface area contributed by atoms with Crippen LogP contribution in [0.4, 0.5) is 4.79 Å². The molecule has 9 heteroatoms. The topological polar surface area (TPSA) is 103 Å². The van der Waals surface area contributed by atoms with E-state index in [1.165, 1.54) is 6.20 Å². The Hall–Kier alpha value is -3.98. The Morgan fingerprint density at radius 2 is 1.88 bits per heavy atom. The van der Waals surface area contributed by atoms with Gasteiger partial charge in [0, 0.05) is 36.4 Å². The van der Waals surface area contributed by atoms with Gasteiger partial charge in [-0.25, -0.2) is 9.78 Å². The number of rotatable bonds is 7. The Kier molecular flexibility index (Phi) is 7.11. The summed E-state index contributed by atoms with van der Waals surface area (Å²) in [6.07, 6.45) is 4.39. The molecule has 2 aromatic heterocycles. The van der Waals surface area contributed by atoms with Gasteiger partial charge in [-0.15, -0.1) is 0 Å². The smallest absolute Gasteiger partial charge is 0.410 e. The molecule has 3 heterocycles. The minimum atomic E-state index is -0.352. The number of nitrogens with one attached hydrogen (secondary N) is 1. The van der Waals surface area contributed by atoms with E-state index in [9.17, 15) is 9.59 Å². The molecule has 1 fully saturated rings. The number of nitrogens with zero attached hydrogens (tertiary/aromatic N) is 3. The summed E-state index contributed by atoms with van der Waals surface area (Å²) in [7, 11) is 0. The standard InChI is InChI=1S/C24H24N4O5/c1-2-26-23(29)21-8-5-18-15-25-16-20(22(18)27-21)17-3-6-19(7-4-17)32-13-14-33-24(30)28-9-11-31-12-10-28/h2-8,15-16H,1,9-14H2,(H,26,29). The van der Waals surface area contributed by atoms with Crippen molar-refractivity contribution in [3.63, 3.8) is 0 Å². The van der Waals surface area contributed by atoms with Gasteiger partial charge in [0.05, 0.1) is 18.7 Å². The van der Waals surface area contributed by atoms with E-state index < -0.39 is 0 Å². The second-order valence-electron chi connectivity index (χ2n) is 7.22. The largest absolute Gasteiger partial charge is 0.490 e. The van der Waals surface area contributed by atoms with Crippen LogP contribution in [0.25, 0.3) is 22.0 Å². The summed E-state index contributed by atoms with van der Waals surface area (Å²) in [6.45, 7) is 6.05. The quantitative estimate of drug-likeness (QED) is 0.554. The molecule has 0 saturated carbocycles. The fourth-order valence-corrected chi connectivity index (χ4v) is 3.40. The van der Waals surface area contributed by atoms with E-state index in [1.54, 1.807) is 23.4 Å². The van der Waals surface area contributed by atoms with Crippen molar-refractivity contribution < 1.29 is 23.8 Å². The molecule has 1 saturated heterocycles. The van der Waals surface area contributed by atoms with Crippen molar-refractivity contribution in [1.82, 2.24) is 20.2 Å². The molecule has 0 radical (unpaired) electrons. The minimum Gasteiger partial charge on any atom is -0.490 e. The summed E-state index contributed by atoms with van der Waals surface area (Å²) in [5.74, 6) is 0.320.